The molecule has 0 amide bonds. The van der Waals surface area contributed by atoms with Gasteiger partial charge in [-0.1, -0.05) is 13.7 Å². The molecule has 0 aliphatic heterocycles. The Morgan fingerprint density at radius 3 is 3.30 bits per heavy atom. The predicted octanol–water partition coefficient (Wildman–Crippen LogP) is 2.97. The Morgan fingerprint density at radius 2 is 2.60 bits per heavy atom. The quantitative estimate of drug-likeness (QED) is 0.694. The third kappa shape index (κ3) is 1.81. The summed E-state index contributed by atoms with van der Waals surface area (Å²) in [5.41, 5.74) is -0.921. The van der Waals surface area contributed by atoms with Gasteiger partial charge in [-0.05, 0) is 33.9 Å². The van der Waals surface area contributed by atoms with E-state index in [4.69, 9.17) is 13.7 Å². The average Bonchev–Trinajstić information content (AvgIpc) is 2.27. The molecule has 0 bridgehead atoms. The van der Waals surface area contributed by atoms with Gasteiger partial charge in [0.2, 0.25) is 0 Å². The van der Waals surface area contributed by atoms with Crippen molar-refractivity contribution in [3.63, 3.8) is 0 Å². The van der Waals surface area contributed by atoms with Crippen molar-refractivity contribution in [3.8, 4) is 0 Å². The highest BCUT2D eigenvalue weighted by molar-refractivity contribution is 9.10. The number of pyridine rings is 1. The van der Waals surface area contributed by atoms with E-state index in [2.05, 4.69) is 20.9 Å². The normalized spacial score (nSPS) is 28.5. The Balaban J connectivity index is 3.79. The van der Waals surface area contributed by atoms with Crippen molar-refractivity contribution < 1.29 is 13.7 Å². The fourth-order valence-electron chi connectivity index (χ4n) is 0.393. The van der Waals surface area contributed by atoms with Gasteiger partial charge in [0.15, 0.2) is 0 Å². The molecule has 2 heteroatoms. The Hall–Kier alpha value is -0.370. The fraction of sp³-hybridized carbons (Fsp3) is 0.375. The van der Waals surface area contributed by atoms with E-state index in [9.17, 15) is 0 Å². The Labute approximate surface area is 83.7 Å². The van der Waals surface area contributed by atoms with Crippen molar-refractivity contribution in [1.29, 1.82) is 0 Å². The molecule has 0 saturated heterocycles. The first-order valence-corrected chi connectivity index (χ1v) is 3.18. The summed E-state index contributed by atoms with van der Waals surface area (Å²) in [4.78, 5) is 3.44. The lowest BCUT2D eigenvalue weighted by Crippen LogP contribution is -1.89. The van der Waals surface area contributed by atoms with Crippen molar-refractivity contribution in [1.82, 2.24) is 4.98 Å². The van der Waals surface area contributed by atoms with Crippen LogP contribution < -0.4 is 0 Å². The average molecular weight is 210 g/mol. The molecule has 0 unspecified atom stereocenters. The summed E-state index contributed by atoms with van der Waals surface area (Å²) in [6.45, 7) is -6.60. The van der Waals surface area contributed by atoms with Crippen LogP contribution in [0.1, 0.15) is 39.0 Å². The lowest BCUT2D eigenvalue weighted by atomic mass is 10.1. The van der Waals surface area contributed by atoms with Gasteiger partial charge in [0.25, 0.3) is 0 Å². The van der Waals surface area contributed by atoms with Gasteiger partial charge in [-0.15, -0.1) is 0 Å². The monoisotopic (exact) mass is 209 g/mol. The molecule has 0 aromatic carbocycles. The summed E-state index contributed by atoms with van der Waals surface area (Å²) in [5, 5.41) is 0. The van der Waals surface area contributed by atoms with Crippen LogP contribution in [0.15, 0.2) is 22.7 Å². The van der Waals surface area contributed by atoms with Crippen LogP contribution in [0.5, 0.6) is 0 Å². The number of hydrogen-bond donors (Lipinski definition) is 0. The van der Waals surface area contributed by atoms with E-state index < -0.39 is 43.5 Å². The first-order valence-electron chi connectivity index (χ1n) is 7.39. The zero-order chi connectivity index (χ0) is 16.1. The summed E-state index contributed by atoms with van der Waals surface area (Å²) in [5.74, 6) is -3.18. The van der Waals surface area contributed by atoms with E-state index in [-0.39, 0.29) is 4.47 Å². The fourth-order valence-corrected chi connectivity index (χ4v) is 0.581. The van der Waals surface area contributed by atoms with Gasteiger partial charge in [0.05, 0.1) is 4.11 Å². The standard InChI is InChI=1S/C8H10BrN/c1-6(2)8-4-3-7(9)5-10-8/h3-6H,1-2H3/i1D3,2D3,3D,4D,5D,6D. The van der Waals surface area contributed by atoms with Crippen molar-refractivity contribution in [2.45, 2.75) is 19.6 Å². The van der Waals surface area contributed by atoms with E-state index in [0.29, 0.717) is 0 Å². The Bertz CT molecular complexity index is 520. The third-order valence-corrected chi connectivity index (χ3v) is 1.17. The van der Waals surface area contributed by atoms with Gasteiger partial charge >= 0.3 is 0 Å². The first kappa shape index (κ1) is 1.86. The van der Waals surface area contributed by atoms with E-state index in [1.807, 2.05) is 0 Å². The maximum atomic E-state index is 7.88. The molecule has 1 aromatic rings. The second-order valence-corrected chi connectivity index (χ2v) is 2.30. The van der Waals surface area contributed by atoms with Crippen molar-refractivity contribution >= 4 is 15.9 Å². The zero-order valence-corrected chi connectivity index (χ0v) is 6.41. The molecule has 0 atom stereocenters. The summed E-state index contributed by atoms with van der Waals surface area (Å²) < 4.78 is 74.2. The minimum atomic E-state index is -3.30. The summed E-state index contributed by atoms with van der Waals surface area (Å²) >= 11 is 2.83. The van der Waals surface area contributed by atoms with Crippen molar-refractivity contribution in [2.75, 3.05) is 0 Å². The smallest absolute Gasteiger partial charge is 0.0852 e. The highest BCUT2D eigenvalue weighted by Crippen LogP contribution is 2.13. The number of halogens is 1. The number of nitrogens with zero attached hydrogens (tertiary/aromatic N) is 1. The number of hydrogen-bond acceptors (Lipinski definition) is 1. The molecule has 10 heavy (non-hydrogen) atoms. The van der Waals surface area contributed by atoms with Crippen LogP contribution in [-0.4, -0.2) is 4.98 Å². The number of rotatable bonds is 1. The second-order valence-electron chi connectivity index (χ2n) is 1.51. The number of aromatic nitrogens is 1. The van der Waals surface area contributed by atoms with Gasteiger partial charge in [-0.25, -0.2) is 0 Å². The van der Waals surface area contributed by atoms with Crippen LogP contribution in [0.4, 0.5) is 0 Å². The second kappa shape index (κ2) is 3.15. The first-order chi connectivity index (χ1) is 8.75. The summed E-state index contributed by atoms with van der Waals surface area (Å²) in [7, 11) is 0. The molecule has 0 radical (unpaired) electrons. The largest absolute Gasteiger partial charge is 0.260 e. The van der Waals surface area contributed by atoms with E-state index in [0.717, 1.165) is 0 Å². The Kier molecular flexibility index (Phi) is 0.586. The van der Waals surface area contributed by atoms with Gasteiger partial charge in [-0.3, -0.25) is 4.98 Å². The highest BCUT2D eigenvalue weighted by atomic mass is 79.9. The lowest BCUT2D eigenvalue weighted by Gasteiger charge is -2.01. The van der Waals surface area contributed by atoms with Crippen LogP contribution in [0.25, 0.3) is 0 Å². The van der Waals surface area contributed by atoms with Gasteiger partial charge in [0, 0.05) is 25.9 Å². The molecular weight excluding hydrogens is 190 g/mol. The SMILES string of the molecule is [2H]c1nc(C([2H])(C([2H])([2H])[2H])C([2H])([2H])[2H])c([2H])c([2H])c1Br. The minimum Gasteiger partial charge on any atom is -0.260 e. The zero-order valence-electron chi connectivity index (χ0n) is 14.8. The molecule has 0 N–H and O–H groups in total. The van der Waals surface area contributed by atoms with Gasteiger partial charge < -0.3 is 0 Å². The van der Waals surface area contributed by atoms with Crippen LogP contribution in [0, 0.1) is 0 Å². The van der Waals surface area contributed by atoms with Gasteiger partial charge in [-0.2, -0.15) is 0 Å². The molecular formula is C8H10BrN. The van der Waals surface area contributed by atoms with Crippen LogP contribution >= 0.6 is 15.9 Å². The molecule has 0 saturated carbocycles. The van der Waals surface area contributed by atoms with Crippen molar-refractivity contribution in [2.24, 2.45) is 0 Å². The third-order valence-electron chi connectivity index (χ3n) is 0.793. The molecule has 0 aliphatic rings. The van der Waals surface area contributed by atoms with Crippen LogP contribution in [0.2, 0.25) is 0 Å². The van der Waals surface area contributed by atoms with Crippen molar-refractivity contribution in [3.05, 3.63) is 28.4 Å². The van der Waals surface area contributed by atoms with Crippen LogP contribution in [-0.2, 0) is 0 Å². The van der Waals surface area contributed by atoms with E-state index in [1.54, 1.807) is 0 Å². The molecule has 0 aliphatic carbocycles. The van der Waals surface area contributed by atoms with Gasteiger partial charge in [0.1, 0.15) is 0 Å². The maximum Gasteiger partial charge on any atom is 0.0852 e. The maximum absolute atomic E-state index is 7.88. The molecule has 1 aromatic heterocycles. The topological polar surface area (TPSA) is 12.9 Å². The molecule has 1 nitrogen and oxygen atoms in total. The molecule has 0 fully saturated rings. The molecule has 0 spiro atoms. The molecule has 1 heterocycles. The van der Waals surface area contributed by atoms with E-state index in [1.165, 1.54) is 0 Å². The minimum absolute atomic E-state index is 0.162. The lowest BCUT2D eigenvalue weighted by molar-refractivity contribution is 0.822. The summed E-state index contributed by atoms with van der Waals surface area (Å²) in [6.07, 6.45) is -0.592. The van der Waals surface area contributed by atoms with E-state index >= 15 is 0 Å². The predicted molar refractivity (Wildman–Crippen MR) is 46.0 cm³/mol. The highest BCUT2D eigenvalue weighted by Gasteiger charge is 1.97. The van der Waals surface area contributed by atoms with Crippen LogP contribution in [0.3, 0.4) is 0 Å². The Morgan fingerprint density at radius 1 is 1.80 bits per heavy atom. The molecule has 54 valence electrons. The molecule has 1 rings (SSSR count). The summed E-state index contributed by atoms with van der Waals surface area (Å²) in [6, 6.07) is -1.37.